The number of benzene rings is 1. The van der Waals surface area contributed by atoms with Gasteiger partial charge in [0.2, 0.25) is 21.8 Å². The molecule has 0 saturated carbocycles. The lowest BCUT2D eigenvalue weighted by molar-refractivity contribution is -0.113. The van der Waals surface area contributed by atoms with Gasteiger partial charge in [-0.3, -0.25) is 10.1 Å². The number of anilines is 1. The summed E-state index contributed by atoms with van der Waals surface area (Å²) in [5.41, 5.74) is 2.09. The summed E-state index contributed by atoms with van der Waals surface area (Å²) >= 11 is 1.28. The van der Waals surface area contributed by atoms with E-state index >= 15 is 0 Å². The Morgan fingerprint density at radius 1 is 1.23 bits per heavy atom. The second-order valence-electron chi connectivity index (χ2n) is 6.55. The lowest BCUT2D eigenvalue weighted by Gasteiger charge is -2.18. The molecular formula is C19H25N5O4S2. The van der Waals surface area contributed by atoms with E-state index in [9.17, 15) is 13.2 Å². The Bertz CT molecular complexity index is 1150. The van der Waals surface area contributed by atoms with Crippen LogP contribution < -0.4 is 5.32 Å². The van der Waals surface area contributed by atoms with E-state index in [0.717, 1.165) is 5.52 Å². The number of aryl methyl sites for hydroxylation is 2. The van der Waals surface area contributed by atoms with Crippen molar-refractivity contribution in [2.24, 2.45) is 0 Å². The summed E-state index contributed by atoms with van der Waals surface area (Å²) in [4.78, 5) is 17.0. The van der Waals surface area contributed by atoms with Crippen LogP contribution in [-0.2, 0) is 21.4 Å². The van der Waals surface area contributed by atoms with Crippen molar-refractivity contribution in [3.63, 3.8) is 0 Å². The van der Waals surface area contributed by atoms with Gasteiger partial charge in [0, 0.05) is 25.7 Å². The van der Waals surface area contributed by atoms with Crippen molar-refractivity contribution in [3.05, 3.63) is 30.0 Å². The number of carbonyl (C=O) groups excluding carboxylic acids is 1. The van der Waals surface area contributed by atoms with Crippen molar-refractivity contribution in [2.45, 2.75) is 44.3 Å². The number of hydrogen-bond acceptors (Lipinski definition) is 7. The van der Waals surface area contributed by atoms with Crippen LogP contribution in [0.5, 0.6) is 0 Å². The molecule has 0 aliphatic heterocycles. The molecule has 2 aromatic heterocycles. The summed E-state index contributed by atoms with van der Waals surface area (Å²) in [6.45, 7) is 8.82. The molecule has 1 aromatic carbocycles. The molecule has 1 N–H and O–H groups in total. The first-order chi connectivity index (χ1) is 14.3. The third-order valence-corrected chi connectivity index (χ3v) is 7.59. The molecule has 2 heterocycles. The Morgan fingerprint density at radius 3 is 2.57 bits per heavy atom. The minimum absolute atomic E-state index is 0.133. The molecular weight excluding hydrogens is 426 g/mol. The SMILES string of the molecule is CCN(CC)S(=O)(=O)c1ccc2c(c1)nc(SCC(=O)Nc1cc(C)no1)n2CC. The summed E-state index contributed by atoms with van der Waals surface area (Å²) in [5.74, 6) is 0.192. The van der Waals surface area contributed by atoms with E-state index in [4.69, 9.17) is 4.52 Å². The molecule has 1 amide bonds. The van der Waals surface area contributed by atoms with Crippen LogP contribution >= 0.6 is 11.8 Å². The summed E-state index contributed by atoms with van der Waals surface area (Å²) in [6, 6.07) is 6.61. The van der Waals surface area contributed by atoms with E-state index in [1.54, 1.807) is 31.2 Å². The number of thioether (sulfide) groups is 1. The summed E-state index contributed by atoms with van der Waals surface area (Å²) in [6.07, 6.45) is 0. The number of imidazole rings is 1. The van der Waals surface area contributed by atoms with Crippen LogP contribution in [0.25, 0.3) is 11.0 Å². The predicted octanol–water partition coefficient (Wildman–Crippen LogP) is 3.11. The van der Waals surface area contributed by atoms with Crippen LogP contribution in [0.15, 0.2) is 38.8 Å². The highest BCUT2D eigenvalue weighted by molar-refractivity contribution is 7.99. The molecule has 0 unspecified atom stereocenters. The third kappa shape index (κ3) is 4.52. The quantitative estimate of drug-likeness (QED) is 0.498. The van der Waals surface area contributed by atoms with E-state index in [-0.39, 0.29) is 16.6 Å². The summed E-state index contributed by atoms with van der Waals surface area (Å²) < 4.78 is 34.0. The van der Waals surface area contributed by atoms with Crippen molar-refractivity contribution < 1.29 is 17.7 Å². The monoisotopic (exact) mass is 451 g/mol. The first kappa shape index (κ1) is 22.3. The van der Waals surface area contributed by atoms with Crippen molar-refractivity contribution in [3.8, 4) is 0 Å². The molecule has 3 aromatic rings. The van der Waals surface area contributed by atoms with Crippen LogP contribution in [-0.4, -0.2) is 52.2 Å². The van der Waals surface area contributed by atoms with Gasteiger partial charge in [-0.1, -0.05) is 30.8 Å². The van der Waals surface area contributed by atoms with Crippen molar-refractivity contribution in [2.75, 3.05) is 24.2 Å². The van der Waals surface area contributed by atoms with Crippen molar-refractivity contribution in [1.29, 1.82) is 0 Å². The fraction of sp³-hybridized carbons (Fsp3) is 0.421. The van der Waals surface area contributed by atoms with Crippen LogP contribution in [0, 0.1) is 6.92 Å². The highest BCUT2D eigenvalue weighted by Gasteiger charge is 2.23. The standard InChI is InChI=1S/C19H25N5O4S2/c1-5-23(6-2)30(26,27)14-8-9-16-15(11-14)20-19(24(16)7-3)29-12-17(25)21-18-10-13(4)22-28-18/h8-11H,5-7,12H2,1-4H3,(H,21,25). The van der Waals surface area contributed by atoms with E-state index in [1.807, 2.05) is 25.3 Å². The Balaban J connectivity index is 1.82. The maximum Gasteiger partial charge on any atom is 0.243 e. The number of nitrogens with zero attached hydrogens (tertiary/aromatic N) is 4. The Hall–Kier alpha value is -2.37. The zero-order valence-electron chi connectivity index (χ0n) is 17.4. The molecule has 162 valence electrons. The maximum absolute atomic E-state index is 12.8. The van der Waals surface area contributed by atoms with Crippen molar-refractivity contribution >= 4 is 44.6 Å². The predicted molar refractivity (Wildman–Crippen MR) is 116 cm³/mol. The number of hydrogen-bond donors (Lipinski definition) is 1. The molecule has 11 heteroatoms. The molecule has 30 heavy (non-hydrogen) atoms. The Morgan fingerprint density at radius 2 is 1.97 bits per heavy atom. The van der Waals surface area contributed by atoms with Gasteiger partial charge < -0.3 is 9.09 Å². The van der Waals surface area contributed by atoms with Crippen molar-refractivity contribution in [1.82, 2.24) is 19.0 Å². The number of aromatic nitrogens is 3. The van der Waals surface area contributed by atoms with Gasteiger partial charge in [0.15, 0.2) is 5.16 Å². The van der Waals surface area contributed by atoms with Crippen LogP contribution in [0.3, 0.4) is 0 Å². The van der Waals surface area contributed by atoms with Gasteiger partial charge >= 0.3 is 0 Å². The van der Waals surface area contributed by atoms with Crippen LogP contribution in [0.2, 0.25) is 0 Å². The van der Waals surface area contributed by atoms with Crippen LogP contribution in [0.1, 0.15) is 26.5 Å². The normalized spacial score (nSPS) is 12.0. The number of rotatable bonds is 9. The molecule has 9 nitrogen and oxygen atoms in total. The molecule has 0 aliphatic rings. The maximum atomic E-state index is 12.8. The summed E-state index contributed by atoms with van der Waals surface area (Å²) in [5, 5.41) is 7.03. The van der Waals surface area contributed by atoms with E-state index in [1.165, 1.54) is 16.1 Å². The van der Waals surface area contributed by atoms with E-state index < -0.39 is 10.0 Å². The fourth-order valence-corrected chi connectivity index (χ4v) is 5.46. The first-order valence-electron chi connectivity index (χ1n) is 9.66. The van der Waals surface area contributed by atoms with E-state index in [2.05, 4.69) is 15.5 Å². The van der Waals surface area contributed by atoms with E-state index in [0.29, 0.717) is 41.9 Å². The van der Waals surface area contributed by atoms with Gasteiger partial charge in [0.05, 0.1) is 27.4 Å². The Kier molecular flexibility index (Phi) is 6.84. The number of fused-ring (bicyclic) bond motifs is 1. The molecule has 0 saturated heterocycles. The minimum atomic E-state index is -3.56. The largest absolute Gasteiger partial charge is 0.338 e. The second-order valence-corrected chi connectivity index (χ2v) is 9.43. The summed E-state index contributed by atoms with van der Waals surface area (Å²) in [7, 11) is -3.56. The zero-order chi connectivity index (χ0) is 21.9. The Labute approximate surface area is 179 Å². The number of carbonyl (C=O) groups is 1. The third-order valence-electron chi connectivity index (χ3n) is 4.57. The number of sulfonamides is 1. The molecule has 0 spiro atoms. The highest BCUT2D eigenvalue weighted by Crippen LogP contribution is 2.27. The molecule has 0 radical (unpaired) electrons. The van der Waals surface area contributed by atoms with Gasteiger partial charge in [-0.25, -0.2) is 13.4 Å². The molecule has 0 atom stereocenters. The number of nitrogens with one attached hydrogen (secondary N) is 1. The van der Waals surface area contributed by atoms with Gasteiger partial charge in [-0.05, 0) is 32.0 Å². The topological polar surface area (TPSA) is 110 Å². The molecule has 0 bridgehead atoms. The van der Waals surface area contributed by atoms with Gasteiger partial charge in [-0.15, -0.1) is 0 Å². The smallest absolute Gasteiger partial charge is 0.243 e. The fourth-order valence-electron chi connectivity index (χ4n) is 3.10. The van der Waals surface area contributed by atoms with Gasteiger partial charge in [0.1, 0.15) is 0 Å². The molecule has 0 fully saturated rings. The van der Waals surface area contributed by atoms with Gasteiger partial charge in [0.25, 0.3) is 0 Å². The highest BCUT2D eigenvalue weighted by atomic mass is 32.2. The lowest BCUT2D eigenvalue weighted by atomic mass is 10.3. The van der Waals surface area contributed by atoms with Crippen LogP contribution in [0.4, 0.5) is 5.88 Å². The number of amides is 1. The molecule has 3 rings (SSSR count). The first-order valence-corrected chi connectivity index (χ1v) is 12.1. The lowest BCUT2D eigenvalue weighted by Crippen LogP contribution is -2.30. The van der Waals surface area contributed by atoms with Gasteiger partial charge in [-0.2, -0.15) is 4.31 Å². The molecule has 0 aliphatic carbocycles. The second kappa shape index (κ2) is 9.19. The zero-order valence-corrected chi connectivity index (χ0v) is 19.0. The average Bonchev–Trinajstić information content (AvgIpc) is 3.28. The average molecular weight is 452 g/mol. The minimum Gasteiger partial charge on any atom is -0.338 e.